The summed E-state index contributed by atoms with van der Waals surface area (Å²) in [6.45, 7) is 0. The lowest BCUT2D eigenvalue weighted by molar-refractivity contribution is -0.141. The molecule has 0 fully saturated rings. The quantitative estimate of drug-likeness (QED) is 0.579. The van der Waals surface area contributed by atoms with Crippen LogP contribution in [0, 0.1) is 0 Å². The van der Waals surface area contributed by atoms with Crippen LogP contribution in [-0.2, 0) is 6.18 Å². The highest BCUT2D eigenvalue weighted by atomic mass is 19.4. The van der Waals surface area contributed by atoms with Crippen molar-refractivity contribution in [2.24, 2.45) is 0 Å². The predicted octanol–water partition coefficient (Wildman–Crippen LogP) is 3.15. The van der Waals surface area contributed by atoms with Crippen LogP contribution in [0.15, 0.2) is 45.7 Å². The van der Waals surface area contributed by atoms with Gasteiger partial charge in [0.2, 0.25) is 5.89 Å². The van der Waals surface area contributed by atoms with Gasteiger partial charge in [-0.25, -0.2) is 14.8 Å². The summed E-state index contributed by atoms with van der Waals surface area (Å²) >= 11 is 0. The van der Waals surface area contributed by atoms with Crippen molar-refractivity contribution in [2.45, 2.75) is 6.18 Å². The lowest BCUT2D eigenvalue weighted by Crippen LogP contribution is -2.09. The lowest BCUT2D eigenvalue weighted by atomic mass is 10.2. The van der Waals surface area contributed by atoms with Crippen LogP contribution >= 0.6 is 0 Å². The second-order valence-electron chi connectivity index (χ2n) is 5.04. The van der Waals surface area contributed by atoms with Gasteiger partial charge in [0.25, 0.3) is 0 Å². The molecule has 0 aliphatic carbocycles. The van der Waals surface area contributed by atoms with Gasteiger partial charge >= 0.3 is 11.8 Å². The fraction of sp³-hybridized carbons (Fsp3) is 0.0667. The summed E-state index contributed by atoms with van der Waals surface area (Å²) < 4.78 is 43.3. The van der Waals surface area contributed by atoms with Gasteiger partial charge < -0.3 is 4.42 Å². The van der Waals surface area contributed by atoms with Crippen molar-refractivity contribution >= 4 is 21.8 Å². The fourth-order valence-corrected chi connectivity index (χ4v) is 2.33. The number of alkyl halides is 3. The second kappa shape index (κ2) is 4.88. The Labute approximate surface area is 131 Å². The molecule has 1 aromatic carbocycles. The first-order chi connectivity index (χ1) is 11.4. The number of aromatic amines is 1. The molecule has 0 unspecified atom stereocenters. The Bertz CT molecular complexity index is 1130. The summed E-state index contributed by atoms with van der Waals surface area (Å²) in [5, 5.41) is 7.47. The zero-order chi connectivity index (χ0) is 16.9. The summed E-state index contributed by atoms with van der Waals surface area (Å²) in [4.78, 5) is 19.7. The van der Waals surface area contributed by atoms with E-state index in [2.05, 4.69) is 20.2 Å². The van der Waals surface area contributed by atoms with Crippen LogP contribution in [0.5, 0.6) is 0 Å². The lowest BCUT2D eigenvalue weighted by Gasteiger charge is -2.07. The number of halogens is 3. The summed E-state index contributed by atoms with van der Waals surface area (Å²) in [7, 11) is 0. The van der Waals surface area contributed by atoms with Crippen LogP contribution in [0.1, 0.15) is 5.69 Å². The molecule has 24 heavy (non-hydrogen) atoms. The molecule has 4 rings (SSSR count). The molecular formula is C15H7F3N4O2. The third kappa shape index (κ3) is 2.30. The van der Waals surface area contributed by atoms with E-state index >= 15 is 0 Å². The number of rotatable bonds is 1. The molecule has 0 aliphatic heterocycles. The molecule has 120 valence electrons. The maximum absolute atomic E-state index is 12.8. The molecular weight excluding hydrogens is 325 g/mol. The Hall–Kier alpha value is -3.23. The van der Waals surface area contributed by atoms with E-state index in [1.807, 2.05) is 0 Å². The highest BCUT2D eigenvalue weighted by Crippen LogP contribution is 2.29. The summed E-state index contributed by atoms with van der Waals surface area (Å²) in [6, 6.07) is 6.43. The molecule has 0 bridgehead atoms. The van der Waals surface area contributed by atoms with Crippen LogP contribution in [0.3, 0.4) is 0 Å². The number of fused-ring (bicyclic) bond motifs is 2. The first kappa shape index (κ1) is 14.4. The molecule has 9 heteroatoms. The number of benzene rings is 1. The zero-order valence-corrected chi connectivity index (χ0v) is 11.8. The molecule has 0 saturated heterocycles. The number of hydrogen-bond donors (Lipinski definition) is 1. The van der Waals surface area contributed by atoms with Crippen molar-refractivity contribution in [1.29, 1.82) is 0 Å². The van der Waals surface area contributed by atoms with E-state index in [4.69, 9.17) is 4.42 Å². The van der Waals surface area contributed by atoms with Crippen molar-refractivity contribution < 1.29 is 17.6 Å². The topological polar surface area (TPSA) is 84.7 Å². The van der Waals surface area contributed by atoms with Gasteiger partial charge in [0.05, 0.1) is 22.6 Å². The summed E-state index contributed by atoms with van der Waals surface area (Å²) in [5.74, 6) is -0.276. The molecule has 0 radical (unpaired) electrons. The van der Waals surface area contributed by atoms with Gasteiger partial charge in [-0.15, -0.1) is 0 Å². The third-order valence-corrected chi connectivity index (χ3v) is 3.45. The molecule has 0 saturated carbocycles. The molecule has 0 amide bonds. The molecule has 0 aliphatic rings. The number of nitrogens with one attached hydrogen (secondary N) is 1. The molecule has 1 N–H and O–H groups in total. The van der Waals surface area contributed by atoms with Gasteiger partial charge in [-0.1, -0.05) is 6.07 Å². The van der Waals surface area contributed by atoms with Crippen LogP contribution in [0.4, 0.5) is 13.2 Å². The van der Waals surface area contributed by atoms with Crippen LogP contribution < -0.4 is 5.63 Å². The minimum Gasteiger partial charge on any atom is -0.401 e. The van der Waals surface area contributed by atoms with E-state index < -0.39 is 17.5 Å². The van der Waals surface area contributed by atoms with Gasteiger partial charge in [0.15, 0.2) is 0 Å². The largest absolute Gasteiger partial charge is 0.433 e. The SMILES string of the molecule is O=c1oc(-c2cccc(C(F)(F)F)n2)nc2cc3cn[nH]c3cc12. The van der Waals surface area contributed by atoms with Gasteiger partial charge in [0, 0.05) is 5.39 Å². The smallest absolute Gasteiger partial charge is 0.401 e. The highest BCUT2D eigenvalue weighted by molar-refractivity contribution is 5.94. The Morgan fingerprint density at radius 2 is 1.96 bits per heavy atom. The van der Waals surface area contributed by atoms with Gasteiger partial charge in [-0.2, -0.15) is 18.3 Å². The van der Waals surface area contributed by atoms with Crippen LogP contribution in [0.25, 0.3) is 33.4 Å². The Morgan fingerprint density at radius 3 is 2.75 bits per heavy atom. The minimum atomic E-state index is -4.60. The first-order valence-electron chi connectivity index (χ1n) is 6.74. The Balaban J connectivity index is 1.94. The third-order valence-electron chi connectivity index (χ3n) is 3.45. The Morgan fingerprint density at radius 1 is 1.12 bits per heavy atom. The standard InChI is InChI=1S/C15H7F3N4O2/c16-15(17,18)12-3-1-2-9(20-12)13-21-11-4-7-6-19-22-10(7)5-8(11)14(23)24-13/h1-6H,(H,19,22). The molecule has 0 atom stereocenters. The van der Waals surface area contributed by atoms with Gasteiger partial charge in [0.1, 0.15) is 11.4 Å². The fourth-order valence-electron chi connectivity index (χ4n) is 2.33. The molecule has 3 heterocycles. The number of hydrogen-bond acceptors (Lipinski definition) is 5. The highest BCUT2D eigenvalue weighted by Gasteiger charge is 2.32. The van der Waals surface area contributed by atoms with Crippen molar-refractivity contribution in [3.8, 4) is 11.6 Å². The number of H-pyrrole nitrogens is 1. The van der Waals surface area contributed by atoms with Crippen LogP contribution in [0.2, 0.25) is 0 Å². The average molecular weight is 332 g/mol. The number of aromatic nitrogens is 4. The maximum Gasteiger partial charge on any atom is 0.433 e. The van der Waals surface area contributed by atoms with E-state index in [0.717, 1.165) is 6.07 Å². The second-order valence-corrected chi connectivity index (χ2v) is 5.04. The zero-order valence-electron chi connectivity index (χ0n) is 11.8. The maximum atomic E-state index is 12.8. The Kier molecular flexibility index (Phi) is 2.92. The molecule has 6 nitrogen and oxygen atoms in total. The van der Waals surface area contributed by atoms with Crippen molar-refractivity contribution in [1.82, 2.24) is 20.2 Å². The minimum absolute atomic E-state index is 0.170. The van der Waals surface area contributed by atoms with E-state index in [1.54, 1.807) is 12.3 Å². The van der Waals surface area contributed by atoms with Gasteiger partial charge in [-0.3, -0.25) is 5.10 Å². The van der Waals surface area contributed by atoms with Crippen molar-refractivity contribution in [2.75, 3.05) is 0 Å². The number of pyridine rings is 1. The van der Waals surface area contributed by atoms with Crippen molar-refractivity contribution in [3.63, 3.8) is 0 Å². The van der Waals surface area contributed by atoms with E-state index in [-0.39, 0.29) is 22.5 Å². The number of nitrogens with zero attached hydrogens (tertiary/aromatic N) is 3. The summed E-state index contributed by atoms with van der Waals surface area (Å²) in [6.07, 6.45) is -3.05. The van der Waals surface area contributed by atoms with Gasteiger partial charge in [-0.05, 0) is 24.3 Å². The average Bonchev–Trinajstić information content (AvgIpc) is 3.00. The van der Waals surface area contributed by atoms with E-state index in [0.29, 0.717) is 10.9 Å². The van der Waals surface area contributed by atoms with Crippen molar-refractivity contribution in [3.05, 3.63) is 52.6 Å². The molecule has 4 aromatic rings. The molecule has 3 aromatic heterocycles. The predicted molar refractivity (Wildman–Crippen MR) is 78.2 cm³/mol. The van der Waals surface area contributed by atoms with E-state index in [9.17, 15) is 18.0 Å². The molecule has 0 spiro atoms. The normalized spacial score (nSPS) is 12.1. The van der Waals surface area contributed by atoms with E-state index in [1.165, 1.54) is 18.2 Å². The first-order valence-corrected chi connectivity index (χ1v) is 6.74. The van der Waals surface area contributed by atoms with Crippen LogP contribution in [-0.4, -0.2) is 20.2 Å². The summed E-state index contributed by atoms with van der Waals surface area (Å²) in [5.41, 5.74) is -1.06. The monoisotopic (exact) mass is 332 g/mol.